The summed E-state index contributed by atoms with van der Waals surface area (Å²) >= 11 is 0. The molecule has 1 atom stereocenters. The highest BCUT2D eigenvalue weighted by Gasteiger charge is 2.26. The fraction of sp³-hybridized carbons (Fsp3) is 0.381. The lowest BCUT2D eigenvalue weighted by Gasteiger charge is -2.33. The molecule has 0 bridgehead atoms. The molecule has 2 aromatic carbocycles. The zero-order chi connectivity index (χ0) is 20.3. The number of hydrogen-bond acceptors (Lipinski definition) is 4. The standard InChI is InChI=1S/C21H26N2O4S/c1-15-11-12-17(21(24)23-13-7-6-8-16(23)2)14-20(15)28(25,26)22-18-9-4-5-10-19(18)27-3/h4-5,9-12,14,16,22H,6-8,13H2,1-3H3/t16-/m1/s1. The number of rotatable bonds is 5. The molecule has 1 aliphatic rings. The SMILES string of the molecule is COc1ccccc1NS(=O)(=O)c1cc(C(=O)N2CCCC[C@H]2C)ccc1C. The first-order valence-corrected chi connectivity index (χ1v) is 10.9. The van der Waals surface area contributed by atoms with Gasteiger partial charge in [-0.1, -0.05) is 18.2 Å². The van der Waals surface area contributed by atoms with Gasteiger partial charge in [0.2, 0.25) is 0 Å². The normalized spacial score (nSPS) is 17.2. The lowest BCUT2D eigenvalue weighted by atomic mass is 10.0. The van der Waals surface area contributed by atoms with Crippen LogP contribution in [0.25, 0.3) is 0 Å². The fourth-order valence-electron chi connectivity index (χ4n) is 3.52. The fourth-order valence-corrected chi connectivity index (χ4v) is 4.86. The van der Waals surface area contributed by atoms with Crippen LogP contribution in [0.4, 0.5) is 5.69 Å². The van der Waals surface area contributed by atoms with Crippen molar-refractivity contribution in [2.75, 3.05) is 18.4 Å². The van der Waals surface area contributed by atoms with E-state index in [-0.39, 0.29) is 16.8 Å². The van der Waals surface area contributed by atoms with Crippen LogP contribution < -0.4 is 9.46 Å². The Labute approximate surface area is 166 Å². The number of anilines is 1. The zero-order valence-electron chi connectivity index (χ0n) is 16.4. The molecule has 1 amide bonds. The van der Waals surface area contributed by atoms with E-state index in [9.17, 15) is 13.2 Å². The number of piperidine rings is 1. The maximum absolute atomic E-state index is 13.0. The Morgan fingerprint density at radius 3 is 2.64 bits per heavy atom. The van der Waals surface area contributed by atoms with Gasteiger partial charge in [0.25, 0.3) is 15.9 Å². The van der Waals surface area contributed by atoms with Gasteiger partial charge in [0, 0.05) is 18.2 Å². The maximum Gasteiger partial charge on any atom is 0.262 e. The Kier molecular flexibility index (Phi) is 5.93. The van der Waals surface area contributed by atoms with Crippen LogP contribution in [0.5, 0.6) is 5.75 Å². The van der Waals surface area contributed by atoms with Gasteiger partial charge < -0.3 is 9.64 Å². The molecule has 6 nitrogen and oxygen atoms in total. The van der Waals surface area contributed by atoms with E-state index in [0.717, 1.165) is 19.3 Å². The number of nitrogens with one attached hydrogen (secondary N) is 1. The third kappa shape index (κ3) is 4.14. The lowest BCUT2D eigenvalue weighted by molar-refractivity contribution is 0.0635. The van der Waals surface area contributed by atoms with Gasteiger partial charge in [-0.3, -0.25) is 9.52 Å². The number of carbonyl (C=O) groups excluding carboxylic acids is 1. The van der Waals surface area contributed by atoms with Crippen LogP contribution in [0.15, 0.2) is 47.4 Å². The lowest BCUT2D eigenvalue weighted by Crippen LogP contribution is -2.42. The van der Waals surface area contributed by atoms with Crippen molar-refractivity contribution in [3.63, 3.8) is 0 Å². The summed E-state index contributed by atoms with van der Waals surface area (Å²) in [6.45, 7) is 4.45. The summed E-state index contributed by atoms with van der Waals surface area (Å²) in [5.74, 6) is 0.305. The smallest absolute Gasteiger partial charge is 0.262 e. The van der Waals surface area contributed by atoms with Gasteiger partial charge in [-0.25, -0.2) is 8.42 Å². The van der Waals surface area contributed by atoms with E-state index >= 15 is 0 Å². The second-order valence-corrected chi connectivity index (χ2v) is 8.78. The molecule has 0 spiro atoms. The van der Waals surface area contributed by atoms with E-state index in [1.807, 2.05) is 11.8 Å². The number of nitrogens with zero attached hydrogens (tertiary/aromatic N) is 1. The van der Waals surface area contributed by atoms with Crippen molar-refractivity contribution >= 4 is 21.6 Å². The molecule has 0 unspecified atom stereocenters. The summed E-state index contributed by atoms with van der Waals surface area (Å²) < 4.78 is 33.8. The summed E-state index contributed by atoms with van der Waals surface area (Å²) in [7, 11) is -2.39. The van der Waals surface area contributed by atoms with E-state index in [1.165, 1.54) is 13.2 Å². The molecule has 1 aliphatic heterocycles. The highest BCUT2D eigenvalue weighted by Crippen LogP contribution is 2.28. The number of likely N-dealkylation sites (tertiary alicyclic amines) is 1. The molecule has 28 heavy (non-hydrogen) atoms. The van der Waals surface area contributed by atoms with Crippen LogP contribution >= 0.6 is 0 Å². The molecule has 1 N–H and O–H groups in total. The van der Waals surface area contributed by atoms with Gasteiger partial charge in [0.1, 0.15) is 5.75 Å². The number of carbonyl (C=O) groups is 1. The summed E-state index contributed by atoms with van der Waals surface area (Å²) in [6.07, 6.45) is 3.06. The summed E-state index contributed by atoms with van der Waals surface area (Å²) in [4.78, 5) is 14.9. The number of ether oxygens (including phenoxy) is 1. The van der Waals surface area contributed by atoms with Crippen molar-refractivity contribution in [2.45, 2.75) is 44.0 Å². The number of amides is 1. The summed E-state index contributed by atoms with van der Waals surface area (Å²) in [5, 5.41) is 0. The Morgan fingerprint density at radius 2 is 1.93 bits per heavy atom. The molecule has 1 saturated heterocycles. The van der Waals surface area contributed by atoms with Crippen LogP contribution in [0.1, 0.15) is 42.1 Å². The number of methoxy groups -OCH3 is 1. The van der Waals surface area contributed by atoms with Crippen molar-refractivity contribution in [3.05, 3.63) is 53.6 Å². The molecular weight excluding hydrogens is 376 g/mol. The average molecular weight is 403 g/mol. The molecule has 0 saturated carbocycles. The molecule has 150 valence electrons. The van der Waals surface area contributed by atoms with E-state index < -0.39 is 10.0 Å². The quantitative estimate of drug-likeness (QED) is 0.825. The third-order valence-corrected chi connectivity index (χ3v) is 6.65. The van der Waals surface area contributed by atoms with Gasteiger partial charge in [-0.05, 0) is 62.9 Å². The molecule has 7 heteroatoms. The van der Waals surface area contributed by atoms with E-state index in [1.54, 1.807) is 43.3 Å². The predicted molar refractivity (Wildman–Crippen MR) is 109 cm³/mol. The number of aryl methyl sites for hydroxylation is 1. The van der Waals surface area contributed by atoms with Gasteiger partial charge in [-0.2, -0.15) is 0 Å². The predicted octanol–water partition coefficient (Wildman–Crippen LogP) is 3.82. The van der Waals surface area contributed by atoms with Crippen molar-refractivity contribution in [1.82, 2.24) is 4.90 Å². The Balaban J connectivity index is 1.93. The molecule has 1 heterocycles. The maximum atomic E-state index is 13.0. The van der Waals surface area contributed by atoms with Gasteiger partial charge in [-0.15, -0.1) is 0 Å². The number of benzene rings is 2. The number of para-hydroxylation sites is 2. The van der Waals surface area contributed by atoms with Crippen molar-refractivity contribution in [2.24, 2.45) is 0 Å². The molecular formula is C21H26N2O4S. The van der Waals surface area contributed by atoms with Gasteiger partial charge in [0.05, 0.1) is 17.7 Å². The Morgan fingerprint density at radius 1 is 1.18 bits per heavy atom. The third-order valence-electron chi connectivity index (χ3n) is 5.14. The van der Waals surface area contributed by atoms with E-state index in [2.05, 4.69) is 4.72 Å². The van der Waals surface area contributed by atoms with Crippen LogP contribution in [0.2, 0.25) is 0 Å². The topological polar surface area (TPSA) is 75.7 Å². The average Bonchev–Trinajstić information content (AvgIpc) is 2.68. The van der Waals surface area contributed by atoms with E-state index in [4.69, 9.17) is 4.74 Å². The molecule has 3 rings (SSSR count). The highest BCUT2D eigenvalue weighted by atomic mass is 32.2. The molecule has 1 fully saturated rings. The van der Waals surface area contributed by atoms with Gasteiger partial charge >= 0.3 is 0 Å². The monoisotopic (exact) mass is 402 g/mol. The van der Waals surface area contributed by atoms with Crippen molar-refractivity contribution in [3.8, 4) is 5.75 Å². The van der Waals surface area contributed by atoms with Gasteiger partial charge in [0.15, 0.2) is 0 Å². The second-order valence-electron chi connectivity index (χ2n) is 7.13. The first-order chi connectivity index (χ1) is 13.3. The minimum Gasteiger partial charge on any atom is -0.495 e. The molecule has 0 aromatic heterocycles. The largest absolute Gasteiger partial charge is 0.495 e. The Bertz CT molecular complexity index is 972. The minimum atomic E-state index is -3.88. The first kappa shape index (κ1) is 20.2. The van der Waals surface area contributed by atoms with Crippen LogP contribution in [0, 0.1) is 6.92 Å². The van der Waals surface area contributed by atoms with E-state index in [0.29, 0.717) is 29.1 Å². The van der Waals surface area contributed by atoms with Crippen molar-refractivity contribution < 1.29 is 17.9 Å². The zero-order valence-corrected chi connectivity index (χ0v) is 17.3. The highest BCUT2D eigenvalue weighted by molar-refractivity contribution is 7.92. The Hall–Kier alpha value is -2.54. The van der Waals surface area contributed by atoms with Crippen LogP contribution in [-0.4, -0.2) is 38.9 Å². The molecule has 0 radical (unpaired) electrons. The van der Waals surface area contributed by atoms with Crippen molar-refractivity contribution in [1.29, 1.82) is 0 Å². The summed E-state index contributed by atoms with van der Waals surface area (Å²) in [5.41, 5.74) is 1.32. The number of hydrogen-bond donors (Lipinski definition) is 1. The molecule has 2 aromatic rings. The first-order valence-electron chi connectivity index (χ1n) is 9.41. The van der Waals surface area contributed by atoms with Crippen LogP contribution in [0.3, 0.4) is 0 Å². The van der Waals surface area contributed by atoms with Crippen LogP contribution in [-0.2, 0) is 10.0 Å². The second kappa shape index (κ2) is 8.22. The number of sulfonamides is 1. The minimum absolute atomic E-state index is 0.0916. The molecule has 0 aliphatic carbocycles. The summed E-state index contributed by atoms with van der Waals surface area (Å²) in [6, 6.07) is 11.8.